The van der Waals surface area contributed by atoms with Crippen LogP contribution in [-0.2, 0) is 14.3 Å². The fraction of sp³-hybridized carbons (Fsp3) is 0.393. The molecule has 2 N–H and O–H groups in total. The largest absolute Gasteiger partial charge is 0.488 e. The molecule has 0 unspecified atom stereocenters. The van der Waals surface area contributed by atoms with E-state index in [1.165, 1.54) is 24.5 Å². The minimum Gasteiger partial charge on any atom is -0.488 e. The summed E-state index contributed by atoms with van der Waals surface area (Å²) < 4.78 is 30.2. The Bertz CT molecular complexity index is 1300. The van der Waals surface area contributed by atoms with Gasteiger partial charge in [-0.15, -0.1) is 0 Å². The molecule has 11 heteroatoms. The fourth-order valence-electron chi connectivity index (χ4n) is 3.98. The predicted octanol–water partition coefficient (Wildman–Crippen LogP) is 5.19. The van der Waals surface area contributed by atoms with Crippen molar-refractivity contribution in [3.8, 4) is 5.75 Å². The minimum atomic E-state index is -0.508. The van der Waals surface area contributed by atoms with Crippen molar-refractivity contribution in [1.82, 2.24) is 14.9 Å². The molecule has 1 heterocycles. The quantitative estimate of drug-likeness (QED) is 0.261. The van der Waals surface area contributed by atoms with Gasteiger partial charge in [-0.05, 0) is 43.5 Å². The maximum atomic E-state index is 13.6. The normalized spacial score (nSPS) is 13.7. The molecule has 1 aliphatic rings. The van der Waals surface area contributed by atoms with Gasteiger partial charge in [0.1, 0.15) is 23.7 Å². The summed E-state index contributed by atoms with van der Waals surface area (Å²) in [6.07, 6.45) is 7.89. The Morgan fingerprint density at radius 3 is 2.59 bits per heavy atom. The van der Waals surface area contributed by atoms with Crippen LogP contribution in [0, 0.1) is 5.82 Å². The number of carbonyl (C=O) groups excluding carboxylic acids is 1. The van der Waals surface area contributed by atoms with Crippen molar-refractivity contribution in [2.24, 2.45) is 0 Å². The minimum absolute atomic E-state index is 0.00251. The van der Waals surface area contributed by atoms with Gasteiger partial charge in [0.2, 0.25) is 5.91 Å². The average molecular weight is 558 g/mol. The van der Waals surface area contributed by atoms with E-state index < -0.39 is 5.82 Å². The van der Waals surface area contributed by atoms with Crippen molar-refractivity contribution in [2.75, 3.05) is 57.7 Å². The third kappa shape index (κ3) is 8.09. The molecule has 0 spiro atoms. The molecule has 3 aromatic rings. The summed E-state index contributed by atoms with van der Waals surface area (Å²) in [6, 6.07) is 7.91. The molecule has 4 rings (SSSR count). The van der Waals surface area contributed by atoms with Crippen molar-refractivity contribution >= 4 is 45.6 Å². The number of hydrogen-bond acceptors (Lipinski definition) is 8. The van der Waals surface area contributed by atoms with Gasteiger partial charge in [-0.1, -0.05) is 17.7 Å². The topological polar surface area (TPSA) is 97.8 Å². The van der Waals surface area contributed by atoms with E-state index in [1.54, 1.807) is 32.4 Å². The van der Waals surface area contributed by atoms with E-state index in [1.807, 2.05) is 6.08 Å². The van der Waals surface area contributed by atoms with Gasteiger partial charge in [-0.25, -0.2) is 14.4 Å². The number of methoxy groups -OCH3 is 2. The van der Waals surface area contributed by atoms with Crippen LogP contribution < -0.4 is 15.4 Å². The Morgan fingerprint density at radius 1 is 1.15 bits per heavy atom. The molecule has 1 aromatic heterocycles. The van der Waals surface area contributed by atoms with Gasteiger partial charge in [0.05, 0.1) is 35.5 Å². The molecule has 1 fully saturated rings. The van der Waals surface area contributed by atoms with Crippen molar-refractivity contribution in [3.05, 3.63) is 59.7 Å². The summed E-state index contributed by atoms with van der Waals surface area (Å²) in [5.74, 6) is 0.232. The molecular weight excluding hydrogens is 525 g/mol. The number of fused-ring (bicyclic) bond motifs is 1. The van der Waals surface area contributed by atoms with E-state index in [-0.39, 0.29) is 17.0 Å². The van der Waals surface area contributed by atoms with Crippen LogP contribution in [-0.4, -0.2) is 73.9 Å². The number of rotatable bonds is 14. The van der Waals surface area contributed by atoms with Crippen LogP contribution in [0.3, 0.4) is 0 Å². The van der Waals surface area contributed by atoms with Crippen molar-refractivity contribution < 1.29 is 23.4 Å². The molecule has 0 atom stereocenters. The van der Waals surface area contributed by atoms with Crippen LogP contribution in [0.4, 0.5) is 21.6 Å². The maximum absolute atomic E-state index is 13.6. The molecule has 9 nitrogen and oxygen atoms in total. The summed E-state index contributed by atoms with van der Waals surface area (Å²) in [7, 11) is 3.32. The Labute approximate surface area is 232 Å². The van der Waals surface area contributed by atoms with Crippen molar-refractivity contribution in [2.45, 2.75) is 25.4 Å². The Balaban J connectivity index is 1.55. The second kappa shape index (κ2) is 14.2. The molecule has 0 saturated heterocycles. The molecular formula is C28H33ClFN5O4. The van der Waals surface area contributed by atoms with Crippen LogP contribution in [0.5, 0.6) is 5.75 Å². The predicted molar refractivity (Wildman–Crippen MR) is 150 cm³/mol. The van der Waals surface area contributed by atoms with Gasteiger partial charge in [0, 0.05) is 57.1 Å². The molecule has 208 valence electrons. The lowest BCUT2D eigenvalue weighted by atomic mass is 9.96. The summed E-state index contributed by atoms with van der Waals surface area (Å²) >= 11 is 5.95. The molecule has 2 aromatic carbocycles. The van der Waals surface area contributed by atoms with Crippen LogP contribution in [0.1, 0.15) is 19.3 Å². The number of nitrogens with zero attached hydrogens (tertiary/aromatic N) is 3. The first-order valence-corrected chi connectivity index (χ1v) is 13.2. The fourth-order valence-corrected chi connectivity index (χ4v) is 4.16. The van der Waals surface area contributed by atoms with Crippen molar-refractivity contribution in [1.29, 1.82) is 0 Å². The Morgan fingerprint density at radius 2 is 1.92 bits per heavy atom. The van der Waals surface area contributed by atoms with E-state index in [4.69, 9.17) is 25.8 Å². The maximum Gasteiger partial charge on any atom is 0.248 e. The smallest absolute Gasteiger partial charge is 0.248 e. The monoisotopic (exact) mass is 557 g/mol. The van der Waals surface area contributed by atoms with Gasteiger partial charge >= 0.3 is 0 Å². The SMILES string of the molecule is COCCN(C/C=C/C(=O)Nc1cc2c(Nc3ccc(F)c(Cl)c3)ncnc2cc1OC1CCC1)CCOC. The second-order valence-corrected chi connectivity index (χ2v) is 9.60. The molecule has 1 amide bonds. The first-order chi connectivity index (χ1) is 19.0. The number of benzene rings is 2. The number of amides is 1. The lowest BCUT2D eigenvalue weighted by molar-refractivity contribution is -0.111. The van der Waals surface area contributed by atoms with Gasteiger partial charge < -0.3 is 24.8 Å². The summed E-state index contributed by atoms with van der Waals surface area (Å²) in [6.45, 7) is 3.21. The Kier molecular flexibility index (Phi) is 10.4. The highest BCUT2D eigenvalue weighted by Crippen LogP contribution is 2.36. The van der Waals surface area contributed by atoms with Gasteiger partial charge in [0.15, 0.2) is 0 Å². The molecule has 0 aliphatic heterocycles. The first kappa shape index (κ1) is 28.7. The number of hydrogen-bond donors (Lipinski definition) is 2. The van der Waals surface area contributed by atoms with Crippen molar-refractivity contribution in [3.63, 3.8) is 0 Å². The van der Waals surface area contributed by atoms with E-state index in [9.17, 15) is 9.18 Å². The highest BCUT2D eigenvalue weighted by molar-refractivity contribution is 6.31. The lowest BCUT2D eigenvalue weighted by Crippen LogP contribution is -2.31. The summed E-state index contributed by atoms with van der Waals surface area (Å²) in [4.78, 5) is 23.8. The highest BCUT2D eigenvalue weighted by atomic mass is 35.5. The number of ether oxygens (including phenoxy) is 3. The number of aromatic nitrogens is 2. The molecule has 1 aliphatic carbocycles. The number of anilines is 3. The van der Waals surface area contributed by atoms with E-state index in [0.717, 1.165) is 32.4 Å². The zero-order valence-electron chi connectivity index (χ0n) is 22.1. The van der Waals surface area contributed by atoms with E-state index in [2.05, 4.69) is 25.5 Å². The number of nitrogens with one attached hydrogen (secondary N) is 2. The molecule has 1 saturated carbocycles. The average Bonchev–Trinajstić information content (AvgIpc) is 2.90. The van der Waals surface area contributed by atoms with Crippen LogP contribution in [0.25, 0.3) is 10.9 Å². The third-order valence-corrected chi connectivity index (χ3v) is 6.67. The second-order valence-electron chi connectivity index (χ2n) is 9.19. The van der Waals surface area contributed by atoms with E-state index in [0.29, 0.717) is 53.6 Å². The first-order valence-electron chi connectivity index (χ1n) is 12.8. The highest BCUT2D eigenvalue weighted by Gasteiger charge is 2.22. The van der Waals surface area contributed by atoms with E-state index >= 15 is 0 Å². The number of halogens is 2. The van der Waals surface area contributed by atoms with Gasteiger partial charge in [-0.3, -0.25) is 9.69 Å². The van der Waals surface area contributed by atoms with Gasteiger partial charge in [0.25, 0.3) is 0 Å². The Hall–Kier alpha value is -3.31. The van der Waals surface area contributed by atoms with Crippen LogP contribution in [0.15, 0.2) is 48.8 Å². The van der Waals surface area contributed by atoms with Crippen LogP contribution >= 0.6 is 11.6 Å². The standard InChI is InChI=1S/C28H33ClFN5O4/c1-37-13-11-35(12-14-38-2)10-4-7-27(36)34-25-16-21-24(17-26(25)39-20-5-3-6-20)31-18-32-28(21)33-19-8-9-23(30)22(29)15-19/h4,7-9,15-18,20H,3,5-6,10-14H2,1-2H3,(H,34,36)(H,31,32,33)/b7-4+. The molecule has 0 radical (unpaired) electrons. The number of carbonyl (C=O) groups is 1. The summed E-state index contributed by atoms with van der Waals surface area (Å²) in [5.41, 5.74) is 1.71. The van der Waals surface area contributed by atoms with Gasteiger partial charge in [-0.2, -0.15) is 0 Å². The zero-order valence-corrected chi connectivity index (χ0v) is 22.8. The lowest BCUT2D eigenvalue weighted by Gasteiger charge is -2.27. The van der Waals surface area contributed by atoms with Crippen LogP contribution in [0.2, 0.25) is 5.02 Å². The summed E-state index contributed by atoms with van der Waals surface area (Å²) in [5, 5.41) is 6.77. The zero-order chi connectivity index (χ0) is 27.6. The molecule has 39 heavy (non-hydrogen) atoms. The third-order valence-electron chi connectivity index (χ3n) is 6.38. The molecule has 0 bridgehead atoms.